The maximum Gasteiger partial charge on any atom is 0.0995 e. The van der Waals surface area contributed by atoms with E-state index in [1.54, 1.807) is 0 Å². The zero-order valence-corrected chi connectivity index (χ0v) is 8.90. The summed E-state index contributed by atoms with van der Waals surface area (Å²) in [6, 6.07) is 4.35. The Morgan fingerprint density at radius 3 is 3.27 bits per heavy atom. The van der Waals surface area contributed by atoms with Crippen molar-refractivity contribution in [2.45, 2.75) is 19.3 Å². The van der Waals surface area contributed by atoms with E-state index in [1.807, 2.05) is 6.33 Å². The molecule has 2 aromatic heterocycles. The molecule has 1 atom stereocenters. The molecule has 0 aliphatic carbocycles. The van der Waals surface area contributed by atoms with E-state index in [4.69, 9.17) is 0 Å². The third-order valence-electron chi connectivity index (χ3n) is 3.27. The lowest BCUT2D eigenvalue weighted by atomic mass is 9.97. The van der Waals surface area contributed by atoms with E-state index in [0.717, 1.165) is 18.8 Å². The third kappa shape index (κ3) is 1.35. The molecule has 0 spiro atoms. The molecule has 1 unspecified atom stereocenters. The Morgan fingerprint density at radius 2 is 2.47 bits per heavy atom. The summed E-state index contributed by atoms with van der Waals surface area (Å²) in [6.45, 7) is 4.32. The van der Waals surface area contributed by atoms with Crippen LogP contribution in [0.5, 0.6) is 0 Å². The van der Waals surface area contributed by atoms with Crippen LogP contribution in [0.25, 0.3) is 5.52 Å². The number of fused-ring (bicyclic) bond motifs is 1. The number of hydrogen-bond donors (Lipinski definition) is 1. The summed E-state index contributed by atoms with van der Waals surface area (Å²) >= 11 is 0. The van der Waals surface area contributed by atoms with Gasteiger partial charge in [-0.1, -0.05) is 6.07 Å². The van der Waals surface area contributed by atoms with Crippen LogP contribution in [0.1, 0.15) is 23.6 Å². The van der Waals surface area contributed by atoms with Crippen molar-refractivity contribution in [2.75, 3.05) is 13.1 Å². The number of imidazole rings is 1. The van der Waals surface area contributed by atoms with Crippen molar-refractivity contribution < 1.29 is 0 Å². The highest BCUT2D eigenvalue weighted by Gasteiger charge is 2.19. The van der Waals surface area contributed by atoms with Crippen LogP contribution in [-0.2, 0) is 0 Å². The van der Waals surface area contributed by atoms with Gasteiger partial charge in [0.05, 0.1) is 17.5 Å². The van der Waals surface area contributed by atoms with Gasteiger partial charge in [0.1, 0.15) is 0 Å². The summed E-state index contributed by atoms with van der Waals surface area (Å²) in [6.07, 6.45) is 5.21. The van der Waals surface area contributed by atoms with Gasteiger partial charge in [0.15, 0.2) is 0 Å². The lowest BCUT2D eigenvalue weighted by Gasteiger charge is -2.11. The molecule has 1 aliphatic heterocycles. The number of nitrogens with zero attached hydrogens (tertiary/aromatic N) is 2. The molecule has 15 heavy (non-hydrogen) atoms. The Labute approximate surface area is 89.1 Å². The van der Waals surface area contributed by atoms with Crippen molar-refractivity contribution >= 4 is 5.52 Å². The van der Waals surface area contributed by atoms with Crippen LogP contribution in [0.2, 0.25) is 0 Å². The van der Waals surface area contributed by atoms with Gasteiger partial charge in [-0.3, -0.25) is 0 Å². The molecule has 0 radical (unpaired) electrons. The number of hydrogen-bond acceptors (Lipinski definition) is 2. The summed E-state index contributed by atoms with van der Waals surface area (Å²) in [5.41, 5.74) is 3.88. The summed E-state index contributed by atoms with van der Waals surface area (Å²) < 4.78 is 2.13. The minimum absolute atomic E-state index is 0.657. The first-order chi connectivity index (χ1) is 7.36. The SMILES string of the molecule is Cc1ncn2cccc(C3CCNC3)c12. The van der Waals surface area contributed by atoms with Crippen LogP contribution in [0.15, 0.2) is 24.7 Å². The van der Waals surface area contributed by atoms with E-state index in [1.165, 1.54) is 17.5 Å². The highest BCUT2D eigenvalue weighted by molar-refractivity contribution is 5.60. The molecule has 1 N–H and O–H groups in total. The molecule has 3 nitrogen and oxygen atoms in total. The number of nitrogens with one attached hydrogen (secondary N) is 1. The van der Waals surface area contributed by atoms with Gasteiger partial charge < -0.3 is 9.72 Å². The van der Waals surface area contributed by atoms with Gasteiger partial charge in [-0.25, -0.2) is 4.98 Å². The monoisotopic (exact) mass is 201 g/mol. The lowest BCUT2D eigenvalue weighted by Crippen LogP contribution is -2.08. The highest BCUT2D eigenvalue weighted by Crippen LogP contribution is 2.27. The van der Waals surface area contributed by atoms with Gasteiger partial charge in [0.25, 0.3) is 0 Å². The Balaban J connectivity index is 2.19. The Bertz CT molecular complexity index is 481. The highest BCUT2D eigenvalue weighted by atomic mass is 15.0. The van der Waals surface area contributed by atoms with E-state index in [0.29, 0.717) is 5.92 Å². The first-order valence-corrected chi connectivity index (χ1v) is 5.49. The second kappa shape index (κ2) is 3.35. The predicted octanol–water partition coefficient (Wildman–Crippen LogP) is 1.72. The van der Waals surface area contributed by atoms with Gasteiger partial charge in [0, 0.05) is 12.7 Å². The standard InChI is InChI=1S/C12H15N3/c1-9-12-11(10-4-5-13-7-10)3-2-6-15(12)8-14-9/h2-3,6,8,10,13H,4-5,7H2,1H3. The van der Waals surface area contributed by atoms with Crippen molar-refractivity contribution in [3.63, 3.8) is 0 Å². The predicted molar refractivity (Wildman–Crippen MR) is 60.2 cm³/mol. The van der Waals surface area contributed by atoms with Gasteiger partial charge in [-0.2, -0.15) is 0 Å². The number of aryl methyl sites for hydroxylation is 1. The molecule has 0 aromatic carbocycles. The van der Waals surface area contributed by atoms with Crippen LogP contribution >= 0.6 is 0 Å². The maximum atomic E-state index is 4.37. The molecule has 1 saturated heterocycles. The van der Waals surface area contributed by atoms with E-state index in [2.05, 4.69) is 40.0 Å². The van der Waals surface area contributed by atoms with Gasteiger partial charge >= 0.3 is 0 Å². The van der Waals surface area contributed by atoms with E-state index in [-0.39, 0.29) is 0 Å². The second-order valence-electron chi connectivity index (χ2n) is 4.24. The second-order valence-corrected chi connectivity index (χ2v) is 4.24. The molecule has 1 aliphatic rings. The minimum atomic E-state index is 0.657. The fraction of sp³-hybridized carbons (Fsp3) is 0.417. The van der Waals surface area contributed by atoms with Gasteiger partial charge in [-0.15, -0.1) is 0 Å². The molecular formula is C12H15N3. The molecule has 1 fully saturated rings. The Kier molecular flexibility index (Phi) is 1.99. The summed E-state index contributed by atoms with van der Waals surface area (Å²) in [7, 11) is 0. The topological polar surface area (TPSA) is 29.3 Å². The number of pyridine rings is 1. The van der Waals surface area contributed by atoms with Crippen LogP contribution < -0.4 is 5.32 Å². The molecule has 3 rings (SSSR count). The molecule has 78 valence electrons. The van der Waals surface area contributed by atoms with Crippen molar-refractivity contribution in [1.29, 1.82) is 0 Å². The molecular weight excluding hydrogens is 186 g/mol. The van der Waals surface area contributed by atoms with Crippen molar-refractivity contribution in [1.82, 2.24) is 14.7 Å². The molecule has 3 heteroatoms. The number of rotatable bonds is 1. The van der Waals surface area contributed by atoms with Crippen molar-refractivity contribution in [3.05, 3.63) is 35.9 Å². The molecule has 3 heterocycles. The fourth-order valence-electron chi connectivity index (χ4n) is 2.49. The fourth-order valence-corrected chi connectivity index (χ4v) is 2.49. The first kappa shape index (κ1) is 8.92. The molecule has 0 amide bonds. The Hall–Kier alpha value is -1.35. The first-order valence-electron chi connectivity index (χ1n) is 5.49. The van der Waals surface area contributed by atoms with Crippen LogP contribution in [0.3, 0.4) is 0 Å². The summed E-state index contributed by atoms with van der Waals surface area (Å²) in [5, 5.41) is 3.42. The normalized spacial score (nSPS) is 21.3. The van der Waals surface area contributed by atoms with Crippen molar-refractivity contribution in [3.8, 4) is 0 Å². The third-order valence-corrected chi connectivity index (χ3v) is 3.27. The zero-order valence-electron chi connectivity index (χ0n) is 8.90. The van der Waals surface area contributed by atoms with Gasteiger partial charge in [-0.05, 0) is 37.4 Å². The van der Waals surface area contributed by atoms with Crippen molar-refractivity contribution in [2.24, 2.45) is 0 Å². The van der Waals surface area contributed by atoms with E-state index in [9.17, 15) is 0 Å². The van der Waals surface area contributed by atoms with E-state index < -0.39 is 0 Å². The quantitative estimate of drug-likeness (QED) is 0.761. The van der Waals surface area contributed by atoms with Crippen LogP contribution in [-0.4, -0.2) is 22.5 Å². The molecule has 0 bridgehead atoms. The number of aromatic nitrogens is 2. The molecule has 0 saturated carbocycles. The van der Waals surface area contributed by atoms with Crippen LogP contribution in [0, 0.1) is 6.92 Å². The van der Waals surface area contributed by atoms with Crippen LogP contribution in [0.4, 0.5) is 0 Å². The molecule has 2 aromatic rings. The summed E-state index contributed by atoms with van der Waals surface area (Å²) in [4.78, 5) is 4.37. The zero-order chi connectivity index (χ0) is 10.3. The van der Waals surface area contributed by atoms with Gasteiger partial charge in [0.2, 0.25) is 0 Å². The summed E-state index contributed by atoms with van der Waals surface area (Å²) in [5.74, 6) is 0.657. The lowest BCUT2D eigenvalue weighted by molar-refractivity contribution is 0.765. The average Bonchev–Trinajstić information content (AvgIpc) is 2.88. The minimum Gasteiger partial charge on any atom is -0.316 e. The average molecular weight is 201 g/mol. The smallest absolute Gasteiger partial charge is 0.0995 e. The largest absolute Gasteiger partial charge is 0.316 e. The Morgan fingerprint density at radius 1 is 1.53 bits per heavy atom. The maximum absolute atomic E-state index is 4.37. The van der Waals surface area contributed by atoms with E-state index >= 15 is 0 Å².